The first-order chi connectivity index (χ1) is 13.3. The van der Waals surface area contributed by atoms with E-state index in [-0.39, 0.29) is 16.3 Å². The number of aliphatic hydroxyl groups is 1. The van der Waals surface area contributed by atoms with E-state index in [1.807, 2.05) is 0 Å². The summed E-state index contributed by atoms with van der Waals surface area (Å²) in [6, 6.07) is 6.33. The number of rotatable bonds is 7. The number of hydrogen-bond acceptors (Lipinski definition) is 5. The van der Waals surface area contributed by atoms with Crippen molar-refractivity contribution >= 4 is 9.84 Å². The molecule has 1 aromatic heterocycles. The first-order valence-corrected chi connectivity index (χ1v) is 11.0. The van der Waals surface area contributed by atoms with Gasteiger partial charge in [-0.3, -0.25) is 0 Å². The number of benzene rings is 1. The third kappa shape index (κ3) is 5.27. The molecule has 9 heteroatoms. The first kappa shape index (κ1) is 23.2. The van der Waals surface area contributed by atoms with E-state index in [0.717, 1.165) is 12.3 Å². The summed E-state index contributed by atoms with van der Waals surface area (Å²) in [6.07, 6.45) is -2.83. The minimum atomic E-state index is -4.60. The van der Waals surface area contributed by atoms with Gasteiger partial charge in [0.1, 0.15) is 11.7 Å². The molecule has 0 bridgehead atoms. The first-order valence-electron chi connectivity index (χ1n) is 9.08. The summed E-state index contributed by atoms with van der Waals surface area (Å²) in [4.78, 5) is 3.89. The molecule has 1 aromatic carbocycles. The second kappa shape index (κ2) is 8.31. The van der Waals surface area contributed by atoms with E-state index in [1.165, 1.54) is 24.3 Å². The van der Waals surface area contributed by atoms with Gasteiger partial charge < -0.3 is 9.84 Å². The van der Waals surface area contributed by atoms with E-state index in [9.17, 15) is 26.7 Å². The Morgan fingerprint density at radius 2 is 1.69 bits per heavy atom. The van der Waals surface area contributed by atoms with Crippen molar-refractivity contribution in [1.29, 1.82) is 0 Å². The zero-order chi connectivity index (χ0) is 22.0. The summed E-state index contributed by atoms with van der Waals surface area (Å²) in [5.74, 6) is -0.0714. The van der Waals surface area contributed by atoms with Gasteiger partial charge in [0.2, 0.25) is 5.88 Å². The van der Waals surface area contributed by atoms with E-state index < -0.39 is 33.3 Å². The van der Waals surface area contributed by atoms with E-state index in [1.54, 1.807) is 20.8 Å². The van der Waals surface area contributed by atoms with E-state index in [0.29, 0.717) is 24.6 Å². The van der Waals surface area contributed by atoms with Crippen LogP contribution in [0.5, 0.6) is 5.88 Å². The number of hydrogen-bond donors (Lipinski definition) is 1. The average Bonchev–Trinajstić information content (AvgIpc) is 2.66. The highest BCUT2D eigenvalue weighted by molar-refractivity contribution is 7.90. The smallest absolute Gasteiger partial charge is 0.417 e. The van der Waals surface area contributed by atoms with Gasteiger partial charge in [-0.2, -0.15) is 13.2 Å². The quantitative estimate of drug-likeness (QED) is 0.699. The number of pyridine rings is 1. The third-order valence-electron chi connectivity index (χ3n) is 5.04. The molecule has 0 radical (unpaired) electrons. The van der Waals surface area contributed by atoms with Crippen molar-refractivity contribution in [2.75, 3.05) is 6.26 Å². The molecular weight excluding hydrogens is 407 g/mol. The number of halogens is 3. The van der Waals surface area contributed by atoms with Crippen LogP contribution in [0.4, 0.5) is 13.2 Å². The zero-order valence-electron chi connectivity index (χ0n) is 16.6. The Morgan fingerprint density at radius 3 is 2.14 bits per heavy atom. The van der Waals surface area contributed by atoms with Gasteiger partial charge in [-0.05, 0) is 43.5 Å². The summed E-state index contributed by atoms with van der Waals surface area (Å²) < 4.78 is 68.6. The number of sulfone groups is 1. The standard InChI is InChI=1S/C20H24F3NO4S/c1-5-19(25,6-2)13(3)28-18-17(11-15(12-24-18)20(21,22)23)14-7-9-16(10-8-14)29(4,26)27/h7-13,25H,5-6H2,1-4H3. The predicted molar refractivity (Wildman–Crippen MR) is 103 cm³/mol. The predicted octanol–water partition coefficient (Wildman–Crippen LogP) is 4.49. The van der Waals surface area contributed by atoms with Gasteiger partial charge in [0.15, 0.2) is 9.84 Å². The maximum Gasteiger partial charge on any atom is 0.417 e. The maximum absolute atomic E-state index is 13.2. The molecule has 0 aliphatic heterocycles. The minimum Gasteiger partial charge on any atom is -0.471 e. The Morgan fingerprint density at radius 1 is 1.14 bits per heavy atom. The fourth-order valence-electron chi connectivity index (χ4n) is 2.89. The van der Waals surface area contributed by atoms with E-state index in [2.05, 4.69) is 4.98 Å². The Kier molecular flexibility index (Phi) is 6.64. The summed E-state index contributed by atoms with van der Waals surface area (Å²) >= 11 is 0. The van der Waals surface area contributed by atoms with Crippen molar-refractivity contribution in [2.45, 2.75) is 56.4 Å². The molecule has 0 saturated carbocycles. The molecule has 1 heterocycles. The summed E-state index contributed by atoms with van der Waals surface area (Å²) in [5, 5.41) is 10.6. The SMILES string of the molecule is CCC(O)(CC)C(C)Oc1ncc(C(F)(F)F)cc1-c1ccc(S(C)(=O)=O)cc1. The molecule has 1 unspecified atom stereocenters. The lowest BCUT2D eigenvalue weighted by Crippen LogP contribution is -2.43. The zero-order valence-corrected chi connectivity index (χ0v) is 17.4. The van der Waals surface area contributed by atoms with Crippen molar-refractivity contribution in [3.05, 3.63) is 42.1 Å². The van der Waals surface area contributed by atoms with Crippen LogP contribution in [0.25, 0.3) is 11.1 Å². The van der Waals surface area contributed by atoms with Crippen LogP contribution in [0, 0.1) is 0 Å². The van der Waals surface area contributed by atoms with Gasteiger partial charge >= 0.3 is 6.18 Å². The molecule has 0 fully saturated rings. The molecule has 0 amide bonds. The maximum atomic E-state index is 13.2. The highest BCUT2D eigenvalue weighted by Crippen LogP contribution is 2.37. The monoisotopic (exact) mass is 431 g/mol. The van der Waals surface area contributed by atoms with Crippen molar-refractivity contribution < 1.29 is 31.4 Å². The van der Waals surface area contributed by atoms with Crippen LogP contribution in [-0.2, 0) is 16.0 Å². The molecule has 1 N–H and O–H groups in total. The molecule has 1 atom stereocenters. The lowest BCUT2D eigenvalue weighted by molar-refractivity contribution is -0.137. The van der Waals surface area contributed by atoms with Crippen LogP contribution in [0.3, 0.4) is 0 Å². The minimum absolute atomic E-state index is 0.0448. The van der Waals surface area contributed by atoms with Crippen LogP contribution in [0.15, 0.2) is 41.4 Å². The number of alkyl halides is 3. The normalized spacial score (nSPS) is 13.9. The molecule has 0 aliphatic rings. The van der Waals surface area contributed by atoms with Gasteiger partial charge in [0, 0.05) is 18.0 Å². The number of ether oxygens (including phenoxy) is 1. The van der Waals surface area contributed by atoms with Crippen LogP contribution in [0.2, 0.25) is 0 Å². The molecule has 29 heavy (non-hydrogen) atoms. The van der Waals surface area contributed by atoms with E-state index in [4.69, 9.17) is 4.74 Å². The molecule has 5 nitrogen and oxygen atoms in total. The Hall–Kier alpha value is -2.13. The van der Waals surface area contributed by atoms with Crippen LogP contribution in [-0.4, -0.2) is 36.5 Å². The van der Waals surface area contributed by atoms with Crippen molar-refractivity contribution in [3.63, 3.8) is 0 Å². The summed E-state index contributed by atoms with van der Waals surface area (Å²) in [6.45, 7) is 5.20. The lowest BCUT2D eigenvalue weighted by atomic mass is 9.91. The summed E-state index contributed by atoms with van der Waals surface area (Å²) in [7, 11) is -3.45. The molecule has 0 spiro atoms. The fourth-order valence-corrected chi connectivity index (χ4v) is 3.52. The molecule has 2 aromatic rings. The van der Waals surface area contributed by atoms with Gasteiger partial charge in [-0.1, -0.05) is 26.0 Å². The topological polar surface area (TPSA) is 76.5 Å². The van der Waals surface area contributed by atoms with Crippen LogP contribution in [0.1, 0.15) is 39.2 Å². The average molecular weight is 431 g/mol. The third-order valence-corrected chi connectivity index (χ3v) is 6.17. The summed E-state index contributed by atoms with van der Waals surface area (Å²) in [5.41, 5.74) is -1.75. The lowest BCUT2D eigenvalue weighted by Gasteiger charge is -2.32. The van der Waals surface area contributed by atoms with Gasteiger partial charge in [0.25, 0.3) is 0 Å². The molecule has 2 rings (SSSR count). The molecule has 0 aliphatic carbocycles. The number of nitrogens with zero attached hydrogens (tertiary/aromatic N) is 1. The van der Waals surface area contributed by atoms with Crippen molar-refractivity contribution in [3.8, 4) is 17.0 Å². The Bertz CT molecular complexity index is 953. The van der Waals surface area contributed by atoms with Crippen LogP contribution >= 0.6 is 0 Å². The Balaban J connectivity index is 2.55. The van der Waals surface area contributed by atoms with Crippen molar-refractivity contribution in [2.24, 2.45) is 0 Å². The molecule has 0 saturated heterocycles. The van der Waals surface area contributed by atoms with Gasteiger partial charge in [-0.25, -0.2) is 13.4 Å². The second-order valence-corrected chi connectivity index (χ2v) is 8.96. The van der Waals surface area contributed by atoms with Gasteiger partial charge in [-0.15, -0.1) is 0 Å². The Labute approximate surface area is 168 Å². The molecule has 160 valence electrons. The molecular formula is C20H24F3NO4S. The largest absolute Gasteiger partial charge is 0.471 e. The highest BCUT2D eigenvalue weighted by Gasteiger charge is 2.35. The van der Waals surface area contributed by atoms with Gasteiger partial charge in [0.05, 0.1) is 10.5 Å². The highest BCUT2D eigenvalue weighted by atomic mass is 32.2. The van der Waals surface area contributed by atoms with E-state index >= 15 is 0 Å². The number of aromatic nitrogens is 1. The fraction of sp³-hybridized carbons (Fsp3) is 0.450. The van der Waals surface area contributed by atoms with Crippen LogP contribution < -0.4 is 4.74 Å². The second-order valence-electron chi connectivity index (χ2n) is 6.94. The van der Waals surface area contributed by atoms with Crippen molar-refractivity contribution in [1.82, 2.24) is 4.98 Å².